The Labute approximate surface area is 323 Å². The normalized spacial score (nSPS) is 19.7. The van der Waals surface area contributed by atoms with Crippen molar-refractivity contribution in [3.05, 3.63) is 138 Å². The number of imide groups is 3. The van der Waals surface area contributed by atoms with Crippen molar-refractivity contribution in [2.24, 2.45) is 17.8 Å². The third kappa shape index (κ3) is 7.86. The van der Waals surface area contributed by atoms with Crippen LogP contribution in [0.2, 0.25) is 5.04 Å². The first-order valence-electron chi connectivity index (χ1n) is 18.7. The SMILES string of the molecule is COC(=O)N1C(=O)[C@@H]2[C@@H](CC(CO[Si](c3ccccc3)(c3ccccc3)C(C)(C)C)=C([C@H](O)CC/C(=C/c3cccc(O)c3)c3ccccc3)[C@@H]2CO)C1=O. The van der Waals surface area contributed by atoms with Crippen LogP contribution in [0.3, 0.4) is 0 Å². The van der Waals surface area contributed by atoms with Gasteiger partial charge in [0.2, 0.25) is 11.8 Å². The molecule has 1 saturated heterocycles. The lowest BCUT2D eigenvalue weighted by atomic mass is 9.68. The van der Waals surface area contributed by atoms with Crippen LogP contribution in [0.4, 0.5) is 4.79 Å². The summed E-state index contributed by atoms with van der Waals surface area (Å²) in [4.78, 5) is 40.9. The van der Waals surface area contributed by atoms with Crippen LogP contribution in [0.1, 0.15) is 51.2 Å². The summed E-state index contributed by atoms with van der Waals surface area (Å²) in [6.45, 7) is 5.98. The largest absolute Gasteiger partial charge is 0.508 e. The van der Waals surface area contributed by atoms with Gasteiger partial charge in [0.25, 0.3) is 8.32 Å². The van der Waals surface area contributed by atoms with E-state index in [0.717, 1.165) is 34.2 Å². The average molecular weight is 760 g/mol. The van der Waals surface area contributed by atoms with Crippen LogP contribution in [0.5, 0.6) is 5.75 Å². The molecule has 1 heterocycles. The molecule has 4 atom stereocenters. The van der Waals surface area contributed by atoms with Gasteiger partial charge in [0.05, 0.1) is 38.3 Å². The number of amides is 3. The van der Waals surface area contributed by atoms with E-state index >= 15 is 0 Å². The minimum atomic E-state index is -3.10. The van der Waals surface area contributed by atoms with Crippen molar-refractivity contribution in [3.8, 4) is 5.75 Å². The molecule has 1 fully saturated rings. The number of nitrogens with zero attached hydrogens (tertiary/aromatic N) is 1. The highest BCUT2D eigenvalue weighted by Crippen LogP contribution is 2.47. The summed E-state index contributed by atoms with van der Waals surface area (Å²) in [5.41, 5.74) is 3.73. The lowest BCUT2D eigenvalue weighted by molar-refractivity contribution is -0.137. The minimum Gasteiger partial charge on any atom is -0.508 e. The summed E-state index contributed by atoms with van der Waals surface area (Å²) in [5.74, 6) is -4.25. The molecule has 55 heavy (non-hydrogen) atoms. The fourth-order valence-corrected chi connectivity index (χ4v) is 13.1. The first-order chi connectivity index (χ1) is 26.4. The topological polar surface area (TPSA) is 134 Å². The Balaban J connectivity index is 1.44. The predicted molar refractivity (Wildman–Crippen MR) is 215 cm³/mol. The average Bonchev–Trinajstić information content (AvgIpc) is 3.44. The Kier molecular flexibility index (Phi) is 12.0. The molecule has 0 aromatic heterocycles. The highest BCUT2D eigenvalue weighted by molar-refractivity contribution is 6.99. The second-order valence-corrected chi connectivity index (χ2v) is 19.6. The van der Waals surface area contributed by atoms with Crippen LogP contribution in [-0.2, 0) is 18.8 Å². The van der Waals surface area contributed by atoms with Crippen molar-refractivity contribution in [2.45, 2.75) is 51.2 Å². The van der Waals surface area contributed by atoms with E-state index in [0.29, 0.717) is 22.5 Å². The number of carbonyl (C=O) groups is 3. The van der Waals surface area contributed by atoms with Gasteiger partial charge >= 0.3 is 6.09 Å². The van der Waals surface area contributed by atoms with Crippen molar-refractivity contribution in [2.75, 3.05) is 20.3 Å². The zero-order valence-electron chi connectivity index (χ0n) is 31.7. The molecule has 3 amide bonds. The number of methoxy groups -OCH3 is 1. The number of aliphatic hydroxyl groups excluding tert-OH is 2. The first-order valence-corrected chi connectivity index (χ1v) is 20.6. The van der Waals surface area contributed by atoms with Crippen LogP contribution in [0.25, 0.3) is 11.6 Å². The summed E-state index contributed by atoms with van der Waals surface area (Å²) in [5, 5.41) is 35.2. The van der Waals surface area contributed by atoms with Crippen LogP contribution in [-0.4, -0.2) is 72.9 Å². The molecule has 6 rings (SSSR count). The summed E-state index contributed by atoms with van der Waals surface area (Å²) in [6, 6.07) is 36.9. The third-order valence-corrected chi connectivity index (χ3v) is 16.0. The molecule has 4 aromatic carbocycles. The Bertz CT molecular complexity index is 2020. The van der Waals surface area contributed by atoms with Gasteiger partial charge in [-0.05, 0) is 74.7 Å². The van der Waals surface area contributed by atoms with Gasteiger partial charge in [0.1, 0.15) is 5.75 Å². The van der Waals surface area contributed by atoms with Crippen molar-refractivity contribution >= 4 is 48.2 Å². The zero-order chi connectivity index (χ0) is 39.3. The van der Waals surface area contributed by atoms with Gasteiger partial charge in [-0.3, -0.25) is 9.59 Å². The van der Waals surface area contributed by atoms with Crippen molar-refractivity contribution in [1.29, 1.82) is 0 Å². The highest BCUT2D eigenvalue weighted by atomic mass is 28.4. The standard InChI is InChI=1S/C45H49NO8Si/c1-45(2,3)55(35-19-10-6-11-20-35,36-21-12-7-13-22-36)54-29-33-27-37-41(43(51)46(42(37)50)44(52)53-4)38(28-47)40(33)39(49)24-23-32(31-16-8-5-9-17-31)25-30-15-14-18-34(48)26-30/h5-22,25-26,37-39,41,47-49H,23-24,27-29H2,1-4H3/b32-25-/t37-,38+,39-,41-/m1/s1. The van der Waals surface area contributed by atoms with Crippen LogP contribution < -0.4 is 10.4 Å². The molecule has 0 spiro atoms. The van der Waals surface area contributed by atoms with E-state index in [1.54, 1.807) is 18.2 Å². The van der Waals surface area contributed by atoms with E-state index in [-0.39, 0.29) is 30.2 Å². The number of carbonyl (C=O) groups excluding carboxylic acids is 3. The van der Waals surface area contributed by atoms with Gasteiger partial charge in [-0.2, -0.15) is 4.90 Å². The molecule has 0 radical (unpaired) electrons. The van der Waals surface area contributed by atoms with E-state index in [2.05, 4.69) is 45.0 Å². The fourth-order valence-electron chi connectivity index (χ4n) is 8.54. The van der Waals surface area contributed by atoms with Crippen molar-refractivity contribution in [1.82, 2.24) is 4.90 Å². The van der Waals surface area contributed by atoms with Crippen molar-refractivity contribution in [3.63, 3.8) is 0 Å². The predicted octanol–water partition coefficient (Wildman–Crippen LogP) is 6.33. The van der Waals surface area contributed by atoms with E-state index < -0.39 is 56.7 Å². The second-order valence-electron chi connectivity index (χ2n) is 15.3. The number of aromatic hydroxyl groups is 1. The molecule has 286 valence electrons. The monoisotopic (exact) mass is 759 g/mol. The molecule has 0 unspecified atom stereocenters. The number of rotatable bonds is 12. The van der Waals surface area contributed by atoms with Gasteiger partial charge in [-0.25, -0.2) is 4.79 Å². The molecule has 3 N–H and O–H groups in total. The number of fused-ring (bicyclic) bond motifs is 1. The molecular formula is C45H49NO8Si. The number of aliphatic hydroxyl groups is 2. The molecule has 4 aromatic rings. The number of phenols is 1. The molecule has 0 bridgehead atoms. The summed E-state index contributed by atoms with van der Waals surface area (Å²) in [7, 11) is -1.99. The lowest BCUT2D eigenvalue weighted by Crippen LogP contribution is -2.66. The quantitative estimate of drug-likeness (QED) is 0.0662. The number of hydrogen-bond donors (Lipinski definition) is 3. The molecule has 1 aliphatic heterocycles. The number of benzene rings is 4. The van der Waals surface area contributed by atoms with Gasteiger partial charge in [-0.1, -0.05) is 130 Å². The van der Waals surface area contributed by atoms with Gasteiger partial charge < -0.3 is 24.5 Å². The van der Waals surface area contributed by atoms with Gasteiger partial charge in [0.15, 0.2) is 0 Å². The second kappa shape index (κ2) is 16.7. The van der Waals surface area contributed by atoms with E-state index in [1.807, 2.05) is 78.9 Å². The maximum atomic E-state index is 13.8. The molecular weight excluding hydrogens is 711 g/mol. The minimum absolute atomic E-state index is 0.0315. The van der Waals surface area contributed by atoms with E-state index in [1.165, 1.54) is 0 Å². The zero-order valence-corrected chi connectivity index (χ0v) is 32.7. The molecule has 2 aliphatic rings. The molecule has 0 saturated carbocycles. The van der Waals surface area contributed by atoms with E-state index in [4.69, 9.17) is 9.16 Å². The Morgan fingerprint density at radius 1 is 0.891 bits per heavy atom. The van der Waals surface area contributed by atoms with Crippen molar-refractivity contribution < 1.29 is 38.9 Å². The number of ether oxygens (including phenoxy) is 1. The number of allylic oxidation sites excluding steroid dienone is 1. The number of hydrogen-bond acceptors (Lipinski definition) is 8. The van der Waals surface area contributed by atoms with Gasteiger partial charge in [-0.15, -0.1) is 0 Å². The molecule has 9 nitrogen and oxygen atoms in total. The van der Waals surface area contributed by atoms with E-state index in [9.17, 15) is 29.7 Å². The smallest absolute Gasteiger partial charge is 0.423 e. The Morgan fingerprint density at radius 2 is 1.49 bits per heavy atom. The Hall–Kier alpha value is -5.13. The van der Waals surface area contributed by atoms with Crippen LogP contribution >= 0.6 is 0 Å². The summed E-state index contributed by atoms with van der Waals surface area (Å²) < 4.78 is 12.1. The van der Waals surface area contributed by atoms with Crippen LogP contribution in [0, 0.1) is 17.8 Å². The maximum absolute atomic E-state index is 13.8. The first kappa shape index (κ1) is 39.6. The molecule has 1 aliphatic carbocycles. The summed E-state index contributed by atoms with van der Waals surface area (Å²) >= 11 is 0. The summed E-state index contributed by atoms with van der Waals surface area (Å²) in [6.07, 6.45) is 0.445. The molecule has 10 heteroatoms. The fraction of sp³-hybridized carbons (Fsp3) is 0.311. The third-order valence-electron chi connectivity index (χ3n) is 11.0. The maximum Gasteiger partial charge on any atom is 0.423 e. The van der Waals surface area contributed by atoms with Gasteiger partial charge in [0, 0.05) is 5.92 Å². The number of likely N-dealkylation sites (tertiary alicyclic amines) is 1. The van der Waals surface area contributed by atoms with Crippen LogP contribution in [0.15, 0.2) is 126 Å². The highest BCUT2D eigenvalue weighted by Gasteiger charge is 2.58. The lowest BCUT2D eigenvalue weighted by Gasteiger charge is -2.44. The number of phenolic OH excluding ortho intramolecular Hbond substituents is 1. The Morgan fingerprint density at radius 3 is 2.04 bits per heavy atom.